The Labute approximate surface area is 195 Å². The summed E-state index contributed by atoms with van der Waals surface area (Å²) in [6, 6.07) is 14.3. The van der Waals surface area contributed by atoms with Crippen LogP contribution in [0.2, 0.25) is 5.02 Å². The average Bonchev–Trinajstić information content (AvgIpc) is 3.20. The number of carboxylic acids is 1. The van der Waals surface area contributed by atoms with Gasteiger partial charge in [0.2, 0.25) is 0 Å². The lowest BCUT2D eigenvalue weighted by Gasteiger charge is -2.25. The number of hydrogen-bond acceptors (Lipinski definition) is 5. The van der Waals surface area contributed by atoms with E-state index in [0.29, 0.717) is 53.6 Å². The maximum atomic E-state index is 11.1. The zero-order valence-corrected chi connectivity index (χ0v) is 18.8. The maximum Gasteiger partial charge on any atom is 0.306 e. The first-order chi connectivity index (χ1) is 16.0. The number of carbonyl (C=O) groups is 1. The fraction of sp³-hybridized carbons (Fsp3) is 0.280. The highest BCUT2D eigenvalue weighted by Gasteiger charge is 2.27. The second kappa shape index (κ2) is 8.83. The van der Waals surface area contributed by atoms with Crippen molar-refractivity contribution in [1.29, 1.82) is 0 Å². The van der Waals surface area contributed by atoms with E-state index in [1.807, 2.05) is 43.3 Å². The quantitative estimate of drug-likeness (QED) is 0.396. The van der Waals surface area contributed by atoms with Crippen molar-refractivity contribution in [3.05, 3.63) is 59.4 Å². The summed E-state index contributed by atoms with van der Waals surface area (Å²) in [4.78, 5) is 27.7. The normalized spacial score (nSPS) is 18.4. The predicted molar refractivity (Wildman–Crippen MR) is 126 cm³/mol. The third-order valence-corrected chi connectivity index (χ3v) is 6.38. The van der Waals surface area contributed by atoms with Gasteiger partial charge in [-0.05, 0) is 61.9 Å². The number of aromatic nitrogens is 4. The zero-order chi connectivity index (χ0) is 22.9. The molecule has 0 atom stereocenters. The lowest BCUT2D eigenvalue weighted by molar-refractivity contribution is -0.143. The topological polar surface area (TPSA) is 101 Å². The lowest BCUT2D eigenvalue weighted by atomic mass is 9.87. The molecular formula is C25H23ClN4O3. The number of aliphatic carboxylic acids is 1. The van der Waals surface area contributed by atoms with Crippen LogP contribution in [0.25, 0.3) is 33.5 Å². The molecule has 168 valence electrons. The number of pyridine rings is 2. The number of hydrogen-bond donors (Lipinski definition) is 2. The number of fused-ring (bicyclic) bond motifs is 1. The predicted octanol–water partition coefficient (Wildman–Crippen LogP) is 5.67. The molecule has 1 aliphatic rings. The van der Waals surface area contributed by atoms with E-state index in [1.54, 1.807) is 12.3 Å². The average molecular weight is 463 g/mol. The highest BCUT2D eigenvalue weighted by atomic mass is 35.5. The van der Waals surface area contributed by atoms with Gasteiger partial charge in [0.15, 0.2) is 5.65 Å². The first kappa shape index (κ1) is 21.4. The van der Waals surface area contributed by atoms with Gasteiger partial charge in [-0.1, -0.05) is 35.9 Å². The van der Waals surface area contributed by atoms with E-state index in [-0.39, 0.29) is 12.0 Å². The van der Waals surface area contributed by atoms with Crippen molar-refractivity contribution < 1.29 is 14.6 Å². The van der Waals surface area contributed by atoms with Crippen LogP contribution in [0.1, 0.15) is 31.4 Å². The summed E-state index contributed by atoms with van der Waals surface area (Å²) in [6.07, 6.45) is 4.36. The summed E-state index contributed by atoms with van der Waals surface area (Å²) in [5, 5.41) is 9.68. The molecular weight excluding hydrogens is 440 g/mol. The van der Waals surface area contributed by atoms with E-state index in [0.717, 1.165) is 22.4 Å². The third kappa shape index (κ3) is 4.54. The molecule has 2 N–H and O–H groups in total. The molecule has 7 nitrogen and oxygen atoms in total. The second-order valence-corrected chi connectivity index (χ2v) is 8.83. The molecule has 4 aromatic rings. The van der Waals surface area contributed by atoms with Gasteiger partial charge in [0.05, 0.1) is 22.2 Å². The van der Waals surface area contributed by atoms with Gasteiger partial charge < -0.3 is 14.8 Å². The van der Waals surface area contributed by atoms with Crippen molar-refractivity contribution in [2.45, 2.75) is 38.7 Å². The van der Waals surface area contributed by atoms with Crippen molar-refractivity contribution in [3.63, 3.8) is 0 Å². The molecule has 8 heteroatoms. The molecule has 3 aromatic heterocycles. The number of carboxylic acid groups (broad SMARTS) is 1. The largest absolute Gasteiger partial charge is 0.481 e. The van der Waals surface area contributed by atoms with Crippen molar-refractivity contribution >= 4 is 28.7 Å². The number of aromatic amines is 1. The number of nitrogens with zero attached hydrogens (tertiary/aromatic N) is 3. The Kier molecular flexibility index (Phi) is 5.72. The molecule has 5 rings (SSSR count). The molecule has 0 spiro atoms. The Hall–Kier alpha value is -3.45. The zero-order valence-electron chi connectivity index (χ0n) is 18.1. The Balaban J connectivity index is 1.35. The van der Waals surface area contributed by atoms with Crippen LogP contribution in [-0.4, -0.2) is 37.1 Å². The Bertz CT molecular complexity index is 1310. The van der Waals surface area contributed by atoms with Crippen molar-refractivity contribution in [1.82, 2.24) is 19.9 Å². The summed E-state index contributed by atoms with van der Waals surface area (Å²) in [7, 11) is 0. The Morgan fingerprint density at radius 3 is 2.45 bits per heavy atom. The number of benzene rings is 1. The van der Waals surface area contributed by atoms with Gasteiger partial charge in [0.1, 0.15) is 6.10 Å². The van der Waals surface area contributed by atoms with Crippen LogP contribution in [0.15, 0.2) is 48.7 Å². The van der Waals surface area contributed by atoms with E-state index in [2.05, 4.69) is 19.9 Å². The smallest absolute Gasteiger partial charge is 0.306 e. The molecule has 1 aromatic carbocycles. The second-order valence-electron chi connectivity index (χ2n) is 8.42. The van der Waals surface area contributed by atoms with E-state index >= 15 is 0 Å². The van der Waals surface area contributed by atoms with E-state index in [1.165, 1.54) is 0 Å². The Morgan fingerprint density at radius 1 is 1.03 bits per heavy atom. The third-order valence-electron chi connectivity index (χ3n) is 6.10. The standard InChI is InChI=1S/C25H23ClN4O3/c1-14-12-18(10-11-27-14)15-2-4-16(5-3-15)22-20(26)13-21-23(29-22)30-25(28-21)33-19-8-6-17(7-9-19)24(31)32/h2-5,10-13,17,19H,6-9H2,1H3,(H,31,32)(H,28,29,30). The highest BCUT2D eigenvalue weighted by Crippen LogP contribution is 2.32. The first-order valence-electron chi connectivity index (χ1n) is 11.0. The number of ether oxygens (including phenoxy) is 1. The molecule has 1 fully saturated rings. The summed E-state index contributed by atoms with van der Waals surface area (Å²) < 4.78 is 5.98. The Morgan fingerprint density at radius 2 is 1.76 bits per heavy atom. The molecule has 0 saturated heterocycles. The molecule has 0 bridgehead atoms. The van der Waals surface area contributed by atoms with Crippen LogP contribution in [0, 0.1) is 12.8 Å². The van der Waals surface area contributed by atoms with Gasteiger partial charge in [-0.2, -0.15) is 4.98 Å². The minimum absolute atomic E-state index is 0.0551. The molecule has 0 radical (unpaired) electrons. The minimum Gasteiger partial charge on any atom is -0.481 e. The van der Waals surface area contributed by atoms with E-state index < -0.39 is 5.97 Å². The van der Waals surface area contributed by atoms with Gasteiger partial charge in [-0.25, -0.2) is 4.98 Å². The van der Waals surface area contributed by atoms with Crippen LogP contribution in [0.4, 0.5) is 0 Å². The maximum absolute atomic E-state index is 11.1. The van der Waals surface area contributed by atoms with Gasteiger partial charge in [-0.15, -0.1) is 0 Å². The number of rotatable bonds is 5. The van der Waals surface area contributed by atoms with Crippen molar-refractivity contribution in [3.8, 4) is 28.4 Å². The van der Waals surface area contributed by atoms with Crippen molar-refractivity contribution in [2.75, 3.05) is 0 Å². The fourth-order valence-corrected chi connectivity index (χ4v) is 4.55. The van der Waals surface area contributed by atoms with Gasteiger partial charge in [0, 0.05) is 17.5 Å². The number of nitrogens with one attached hydrogen (secondary N) is 1. The molecule has 33 heavy (non-hydrogen) atoms. The summed E-state index contributed by atoms with van der Waals surface area (Å²) in [6.45, 7) is 1.97. The van der Waals surface area contributed by atoms with Crippen molar-refractivity contribution in [2.24, 2.45) is 5.92 Å². The van der Waals surface area contributed by atoms with Crippen LogP contribution < -0.4 is 4.74 Å². The lowest BCUT2D eigenvalue weighted by Crippen LogP contribution is -2.28. The molecule has 0 unspecified atom stereocenters. The highest BCUT2D eigenvalue weighted by molar-refractivity contribution is 6.33. The molecule has 1 saturated carbocycles. The van der Waals surface area contributed by atoms with Crippen LogP contribution in [0.3, 0.4) is 0 Å². The van der Waals surface area contributed by atoms with Crippen LogP contribution >= 0.6 is 11.6 Å². The first-order valence-corrected chi connectivity index (χ1v) is 11.3. The monoisotopic (exact) mass is 462 g/mol. The van der Waals surface area contributed by atoms with Gasteiger partial charge in [-0.3, -0.25) is 9.78 Å². The van der Waals surface area contributed by atoms with E-state index in [4.69, 9.17) is 21.4 Å². The molecule has 3 heterocycles. The SMILES string of the molecule is Cc1cc(-c2ccc(-c3nc4nc(OC5CCC(C(=O)O)CC5)[nH]c4cc3Cl)cc2)ccn1. The summed E-state index contributed by atoms with van der Waals surface area (Å²) >= 11 is 6.55. The molecule has 0 aliphatic heterocycles. The molecule has 0 amide bonds. The number of imidazole rings is 1. The van der Waals surface area contributed by atoms with Crippen LogP contribution in [-0.2, 0) is 4.79 Å². The van der Waals surface area contributed by atoms with Gasteiger partial charge in [0.25, 0.3) is 6.01 Å². The summed E-state index contributed by atoms with van der Waals surface area (Å²) in [5.74, 6) is -1.01. The van der Waals surface area contributed by atoms with Gasteiger partial charge >= 0.3 is 5.97 Å². The van der Waals surface area contributed by atoms with Crippen LogP contribution in [0.5, 0.6) is 6.01 Å². The fourth-order valence-electron chi connectivity index (χ4n) is 4.29. The number of halogens is 1. The number of H-pyrrole nitrogens is 1. The van der Waals surface area contributed by atoms with E-state index in [9.17, 15) is 4.79 Å². The minimum atomic E-state index is -0.729. The summed E-state index contributed by atoms with van der Waals surface area (Å²) in [5.41, 5.74) is 5.94. The molecule has 1 aliphatic carbocycles. The number of aryl methyl sites for hydroxylation is 1.